The van der Waals surface area contributed by atoms with E-state index in [9.17, 15) is 4.79 Å². The summed E-state index contributed by atoms with van der Waals surface area (Å²) < 4.78 is 5.54. The molecule has 1 fully saturated rings. The minimum atomic E-state index is -0.0324. The lowest BCUT2D eigenvalue weighted by molar-refractivity contribution is -0.147. The van der Waals surface area contributed by atoms with Gasteiger partial charge >= 0.3 is 5.97 Å². The van der Waals surface area contributed by atoms with E-state index in [0.29, 0.717) is 18.3 Å². The first-order chi connectivity index (χ1) is 7.09. The molecule has 1 atom stereocenters. The fraction of sp³-hybridized carbons (Fsp3) is 0.917. The minimum absolute atomic E-state index is 0.0324. The molecule has 0 saturated heterocycles. The maximum Gasteiger partial charge on any atom is 0.307 e. The number of ether oxygens (including phenoxy) is 1. The van der Waals surface area contributed by atoms with Crippen molar-refractivity contribution in [3.8, 4) is 0 Å². The molecule has 1 aliphatic carbocycles. The quantitative estimate of drug-likeness (QED) is 0.445. The summed E-state index contributed by atoms with van der Waals surface area (Å²) in [5.41, 5.74) is 0. The van der Waals surface area contributed by atoms with Gasteiger partial charge in [-0.15, -0.1) is 0 Å². The predicted octanol–water partition coefficient (Wildman–Crippen LogP) is 3.92. The van der Waals surface area contributed by atoms with Gasteiger partial charge in [0, 0.05) is 12.3 Å². The molecule has 1 unspecified atom stereocenters. The Bertz CT molecular complexity index is 198. The fourth-order valence-corrected chi connectivity index (χ4v) is 3.00. The van der Waals surface area contributed by atoms with Crippen molar-refractivity contribution in [2.45, 2.75) is 56.5 Å². The molecule has 3 heteroatoms. The topological polar surface area (TPSA) is 26.3 Å². The first kappa shape index (κ1) is 13.3. The van der Waals surface area contributed by atoms with Gasteiger partial charge in [-0.25, -0.2) is 0 Å². The molecule has 0 N–H and O–H groups in total. The van der Waals surface area contributed by atoms with Gasteiger partial charge in [0.2, 0.25) is 0 Å². The lowest BCUT2D eigenvalue weighted by atomic mass is 9.90. The molecule has 0 amide bonds. The van der Waals surface area contributed by atoms with Crippen LogP contribution in [0.3, 0.4) is 0 Å². The average Bonchev–Trinajstić information content (AvgIpc) is 2.17. The lowest BCUT2D eigenvalue weighted by Gasteiger charge is -2.26. The van der Waals surface area contributed by atoms with Crippen molar-refractivity contribution in [3.63, 3.8) is 0 Å². The van der Waals surface area contributed by atoms with E-state index in [1.165, 1.54) is 32.1 Å². The Labute approximate surface area is 106 Å². The number of esters is 1. The number of alkyl halides is 1. The summed E-state index contributed by atoms with van der Waals surface area (Å²) in [6.45, 7) is 4.09. The summed E-state index contributed by atoms with van der Waals surface area (Å²) >= 11 is 2.28. The number of hydrogen-bond donors (Lipinski definition) is 0. The molecular formula is C12H21IO2. The van der Waals surface area contributed by atoms with Crippen molar-refractivity contribution in [2.75, 3.05) is 0 Å². The van der Waals surface area contributed by atoms with E-state index in [1.54, 1.807) is 0 Å². The Balaban J connectivity index is 2.27. The highest BCUT2D eigenvalue weighted by Crippen LogP contribution is 2.31. The van der Waals surface area contributed by atoms with Gasteiger partial charge in [0.05, 0.1) is 0 Å². The zero-order valence-corrected chi connectivity index (χ0v) is 11.8. The van der Waals surface area contributed by atoms with E-state index in [0.717, 1.165) is 0 Å². The molecule has 0 radical (unpaired) electrons. The molecule has 0 aliphatic heterocycles. The highest BCUT2D eigenvalue weighted by atomic mass is 127. The second-order valence-electron chi connectivity index (χ2n) is 4.84. The highest BCUT2D eigenvalue weighted by Gasteiger charge is 2.24. The van der Waals surface area contributed by atoms with Crippen molar-refractivity contribution >= 4 is 28.6 Å². The largest absolute Gasteiger partial charge is 0.451 e. The van der Waals surface area contributed by atoms with Gasteiger partial charge in [-0.3, -0.25) is 4.79 Å². The van der Waals surface area contributed by atoms with Crippen LogP contribution in [0.1, 0.15) is 52.4 Å². The Kier molecular flexibility index (Phi) is 5.94. The molecule has 0 bridgehead atoms. The average molecular weight is 324 g/mol. The van der Waals surface area contributed by atoms with Crippen LogP contribution in [0.25, 0.3) is 0 Å². The molecule has 1 rings (SSSR count). The van der Waals surface area contributed by atoms with Gasteiger partial charge in [0.25, 0.3) is 0 Å². The third-order valence-electron chi connectivity index (χ3n) is 2.84. The van der Waals surface area contributed by atoms with E-state index in [4.69, 9.17) is 4.74 Å². The second-order valence-corrected chi connectivity index (χ2v) is 6.06. The summed E-state index contributed by atoms with van der Waals surface area (Å²) in [5.74, 6) is 0.956. The van der Waals surface area contributed by atoms with Crippen LogP contribution in [0.2, 0.25) is 0 Å². The van der Waals surface area contributed by atoms with E-state index in [-0.39, 0.29) is 10.1 Å². The summed E-state index contributed by atoms with van der Waals surface area (Å²) in [5, 5.41) is 0. The van der Waals surface area contributed by atoms with Crippen LogP contribution in [0.4, 0.5) is 0 Å². The maximum absolute atomic E-state index is 11.5. The summed E-state index contributed by atoms with van der Waals surface area (Å²) in [6, 6.07) is 0. The Hall–Kier alpha value is 0.200. The zero-order valence-electron chi connectivity index (χ0n) is 9.67. The van der Waals surface area contributed by atoms with Gasteiger partial charge in [0.15, 0.2) is 4.11 Å². The van der Waals surface area contributed by atoms with Crippen LogP contribution in [0.5, 0.6) is 0 Å². The summed E-state index contributed by atoms with van der Waals surface area (Å²) in [4.78, 5) is 11.5. The summed E-state index contributed by atoms with van der Waals surface area (Å²) in [7, 11) is 0. The highest BCUT2D eigenvalue weighted by molar-refractivity contribution is 14.1. The van der Waals surface area contributed by atoms with Crippen molar-refractivity contribution in [1.29, 1.82) is 0 Å². The Morgan fingerprint density at radius 1 is 1.33 bits per heavy atom. The maximum atomic E-state index is 11.5. The number of hydrogen-bond acceptors (Lipinski definition) is 2. The zero-order chi connectivity index (χ0) is 11.3. The van der Waals surface area contributed by atoms with Crippen LogP contribution in [-0.2, 0) is 9.53 Å². The van der Waals surface area contributed by atoms with Crippen molar-refractivity contribution in [1.82, 2.24) is 0 Å². The second kappa shape index (κ2) is 6.71. The van der Waals surface area contributed by atoms with E-state index in [1.807, 2.05) is 13.8 Å². The smallest absolute Gasteiger partial charge is 0.307 e. The molecule has 0 spiro atoms. The molecule has 88 valence electrons. The third-order valence-corrected chi connectivity index (χ3v) is 4.11. The molecule has 0 aromatic rings. The van der Waals surface area contributed by atoms with Gasteiger partial charge in [-0.2, -0.15) is 0 Å². The minimum Gasteiger partial charge on any atom is -0.451 e. The number of rotatable bonds is 4. The van der Waals surface area contributed by atoms with Crippen molar-refractivity contribution in [3.05, 3.63) is 0 Å². The predicted molar refractivity (Wildman–Crippen MR) is 69.9 cm³/mol. The van der Waals surface area contributed by atoms with Crippen molar-refractivity contribution < 1.29 is 9.53 Å². The Morgan fingerprint density at radius 2 is 1.93 bits per heavy atom. The number of carbonyl (C=O) groups excluding carboxylic acids is 1. The third kappa shape index (κ3) is 5.18. The fourth-order valence-electron chi connectivity index (χ4n) is 2.00. The molecule has 15 heavy (non-hydrogen) atoms. The first-order valence-electron chi connectivity index (χ1n) is 5.93. The lowest BCUT2D eigenvalue weighted by Crippen LogP contribution is -2.24. The normalized spacial score (nSPS) is 20.3. The molecular weight excluding hydrogens is 303 g/mol. The SMILES string of the molecule is CC(C)CC(=O)OC(I)C1CCCCC1. The standard InChI is InChI=1S/C12H21IO2/c1-9(2)8-11(14)15-12(13)10-6-4-3-5-7-10/h9-10,12H,3-8H2,1-2H3. The van der Waals surface area contributed by atoms with Crippen molar-refractivity contribution in [2.24, 2.45) is 11.8 Å². The summed E-state index contributed by atoms with van der Waals surface area (Å²) in [6.07, 6.45) is 6.94. The van der Waals surface area contributed by atoms with Crippen LogP contribution >= 0.6 is 22.6 Å². The molecule has 1 saturated carbocycles. The molecule has 1 aliphatic rings. The molecule has 0 aromatic heterocycles. The van der Waals surface area contributed by atoms with Crippen LogP contribution in [0.15, 0.2) is 0 Å². The molecule has 0 heterocycles. The first-order valence-corrected chi connectivity index (χ1v) is 7.17. The number of halogens is 1. The molecule has 0 aromatic carbocycles. The van der Waals surface area contributed by atoms with E-state index in [2.05, 4.69) is 22.6 Å². The van der Waals surface area contributed by atoms with Crippen LogP contribution in [0, 0.1) is 11.8 Å². The monoisotopic (exact) mass is 324 g/mol. The van der Waals surface area contributed by atoms with Gasteiger partial charge in [-0.05, 0) is 41.4 Å². The number of carbonyl (C=O) groups is 1. The van der Waals surface area contributed by atoms with Gasteiger partial charge < -0.3 is 4.74 Å². The molecule has 2 nitrogen and oxygen atoms in total. The van der Waals surface area contributed by atoms with Gasteiger partial charge in [0.1, 0.15) is 0 Å². The Morgan fingerprint density at radius 3 is 2.47 bits per heavy atom. The van der Waals surface area contributed by atoms with E-state index < -0.39 is 0 Å². The van der Waals surface area contributed by atoms with Crippen LogP contribution < -0.4 is 0 Å². The van der Waals surface area contributed by atoms with E-state index >= 15 is 0 Å². The van der Waals surface area contributed by atoms with Crippen LogP contribution in [-0.4, -0.2) is 10.1 Å². The van der Waals surface area contributed by atoms with Gasteiger partial charge in [-0.1, -0.05) is 33.1 Å².